The molecule has 0 bridgehead atoms. The third-order valence-electron chi connectivity index (χ3n) is 3.08. The van der Waals surface area contributed by atoms with Gasteiger partial charge in [0.25, 0.3) is 0 Å². The van der Waals surface area contributed by atoms with Crippen molar-refractivity contribution >= 4 is 17.3 Å². The predicted octanol–water partition coefficient (Wildman–Crippen LogP) is 2.74. The molecular formula is C16H13N3O. The van der Waals surface area contributed by atoms with Gasteiger partial charge in [-0.2, -0.15) is 0 Å². The van der Waals surface area contributed by atoms with E-state index in [0.717, 1.165) is 40.0 Å². The summed E-state index contributed by atoms with van der Waals surface area (Å²) < 4.78 is 0. The van der Waals surface area contributed by atoms with E-state index in [1.165, 1.54) is 0 Å². The van der Waals surface area contributed by atoms with Crippen molar-refractivity contribution in [2.75, 3.05) is 0 Å². The number of carbonyl (C=O) groups excluding carboxylic acids is 1. The van der Waals surface area contributed by atoms with E-state index >= 15 is 0 Å². The fourth-order valence-electron chi connectivity index (χ4n) is 2.09. The molecule has 0 unspecified atom stereocenters. The topological polar surface area (TPSA) is 55.7 Å². The van der Waals surface area contributed by atoms with Gasteiger partial charge in [0.2, 0.25) is 0 Å². The Morgan fingerprint density at radius 1 is 1.05 bits per heavy atom. The Balaban J connectivity index is 2.07. The molecule has 3 aromatic rings. The summed E-state index contributed by atoms with van der Waals surface area (Å²) in [6, 6.07) is 11.5. The van der Waals surface area contributed by atoms with Crippen LogP contribution in [0.1, 0.15) is 11.3 Å². The number of benzene rings is 1. The van der Waals surface area contributed by atoms with Crippen LogP contribution < -0.4 is 0 Å². The minimum Gasteiger partial charge on any atom is -0.303 e. The van der Waals surface area contributed by atoms with E-state index in [4.69, 9.17) is 0 Å². The molecule has 0 radical (unpaired) electrons. The van der Waals surface area contributed by atoms with Gasteiger partial charge in [-0.3, -0.25) is 9.97 Å². The van der Waals surface area contributed by atoms with Gasteiger partial charge in [-0.1, -0.05) is 12.1 Å². The summed E-state index contributed by atoms with van der Waals surface area (Å²) in [7, 11) is 0. The van der Waals surface area contributed by atoms with E-state index in [-0.39, 0.29) is 0 Å². The number of pyridine rings is 1. The monoisotopic (exact) mass is 263 g/mol. The summed E-state index contributed by atoms with van der Waals surface area (Å²) in [5.74, 6) is 0. The van der Waals surface area contributed by atoms with Gasteiger partial charge in [-0.25, -0.2) is 4.98 Å². The Kier molecular flexibility index (Phi) is 3.21. The Labute approximate surface area is 116 Å². The molecule has 4 nitrogen and oxygen atoms in total. The Morgan fingerprint density at radius 3 is 2.75 bits per heavy atom. The van der Waals surface area contributed by atoms with E-state index in [1.807, 2.05) is 43.3 Å². The highest BCUT2D eigenvalue weighted by molar-refractivity contribution is 5.78. The Morgan fingerprint density at radius 2 is 1.95 bits per heavy atom. The molecule has 0 saturated carbocycles. The fraction of sp³-hybridized carbons (Fsp3) is 0.125. The first-order chi connectivity index (χ1) is 9.76. The number of aromatic nitrogens is 3. The van der Waals surface area contributed by atoms with Crippen LogP contribution in [0.4, 0.5) is 0 Å². The largest absolute Gasteiger partial charge is 0.303 e. The Hall–Kier alpha value is -2.62. The summed E-state index contributed by atoms with van der Waals surface area (Å²) in [4.78, 5) is 24.0. The molecule has 0 aliphatic carbocycles. The normalized spacial score (nSPS) is 10.7. The highest BCUT2D eigenvalue weighted by Crippen LogP contribution is 2.18. The van der Waals surface area contributed by atoms with Gasteiger partial charge < -0.3 is 4.79 Å². The van der Waals surface area contributed by atoms with E-state index in [1.54, 1.807) is 6.20 Å². The van der Waals surface area contributed by atoms with Crippen molar-refractivity contribution in [3.05, 3.63) is 53.9 Å². The molecule has 4 heteroatoms. The first-order valence-corrected chi connectivity index (χ1v) is 6.39. The lowest BCUT2D eigenvalue weighted by Crippen LogP contribution is -1.93. The average Bonchev–Trinajstić information content (AvgIpc) is 2.47. The number of hydrogen-bond acceptors (Lipinski definition) is 4. The van der Waals surface area contributed by atoms with Crippen LogP contribution in [0.2, 0.25) is 0 Å². The minimum atomic E-state index is 0.402. The van der Waals surface area contributed by atoms with Gasteiger partial charge in [0.1, 0.15) is 12.0 Å². The highest BCUT2D eigenvalue weighted by atomic mass is 16.1. The van der Waals surface area contributed by atoms with Crippen LogP contribution in [0, 0.1) is 6.92 Å². The van der Waals surface area contributed by atoms with Crippen LogP contribution in [-0.4, -0.2) is 21.2 Å². The number of hydrogen-bond donors (Lipinski definition) is 0. The molecule has 0 spiro atoms. The second-order valence-electron chi connectivity index (χ2n) is 4.61. The summed E-state index contributed by atoms with van der Waals surface area (Å²) in [6.45, 7) is 1.95. The highest BCUT2D eigenvalue weighted by Gasteiger charge is 2.05. The maximum absolute atomic E-state index is 10.5. The summed E-state index contributed by atoms with van der Waals surface area (Å²) in [5.41, 5.74) is 5.07. The number of nitrogens with zero attached hydrogens (tertiary/aromatic N) is 3. The van der Waals surface area contributed by atoms with Gasteiger partial charge >= 0.3 is 0 Å². The third-order valence-corrected chi connectivity index (χ3v) is 3.08. The molecule has 20 heavy (non-hydrogen) atoms. The lowest BCUT2D eigenvalue weighted by molar-refractivity contribution is -0.107. The minimum absolute atomic E-state index is 0.402. The Bertz CT molecular complexity index is 784. The second kappa shape index (κ2) is 5.17. The zero-order chi connectivity index (χ0) is 13.9. The fourth-order valence-corrected chi connectivity index (χ4v) is 2.09. The molecule has 1 aromatic carbocycles. The number of carbonyl (C=O) groups is 1. The number of aldehydes is 1. The molecule has 0 amide bonds. The van der Waals surface area contributed by atoms with E-state index in [9.17, 15) is 4.79 Å². The van der Waals surface area contributed by atoms with Crippen LogP contribution in [0.3, 0.4) is 0 Å². The van der Waals surface area contributed by atoms with E-state index in [2.05, 4.69) is 15.0 Å². The maximum Gasteiger partial charge on any atom is 0.124 e. The van der Waals surface area contributed by atoms with Crippen molar-refractivity contribution in [3.63, 3.8) is 0 Å². The van der Waals surface area contributed by atoms with Crippen molar-refractivity contribution in [3.8, 4) is 11.4 Å². The van der Waals surface area contributed by atoms with E-state index in [0.29, 0.717) is 6.42 Å². The quantitative estimate of drug-likeness (QED) is 0.682. The zero-order valence-electron chi connectivity index (χ0n) is 11.1. The van der Waals surface area contributed by atoms with Gasteiger partial charge in [0, 0.05) is 12.1 Å². The summed E-state index contributed by atoms with van der Waals surface area (Å²) >= 11 is 0. The van der Waals surface area contributed by atoms with Crippen molar-refractivity contribution in [2.24, 2.45) is 0 Å². The average molecular weight is 263 g/mol. The molecule has 2 heterocycles. The predicted molar refractivity (Wildman–Crippen MR) is 77.3 cm³/mol. The van der Waals surface area contributed by atoms with Crippen LogP contribution in [0.25, 0.3) is 22.4 Å². The lowest BCUT2D eigenvalue weighted by atomic mass is 10.1. The van der Waals surface area contributed by atoms with Crippen LogP contribution in [0.5, 0.6) is 0 Å². The second-order valence-corrected chi connectivity index (χ2v) is 4.61. The van der Waals surface area contributed by atoms with Crippen LogP contribution in [0.15, 0.2) is 42.6 Å². The van der Waals surface area contributed by atoms with Crippen molar-refractivity contribution in [1.82, 2.24) is 15.0 Å². The first-order valence-electron chi connectivity index (χ1n) is 6.39. The number of rotatable bonds is 3. The van der Waals surface area contributed by atoms with E-state index < -0.39 is 0 Å². The van der Waals surface area contributed by atoms with Gasteiger partial charge in [-0.05, 0) is 36.8 Å². The molecule has 0 atom stereocenters. The molecule has 0 aliphatic heterocycles. The van der Waals surface area contributed by atoms with Crippen molar-refractivity contribution in [2.45, 2.75) is 13.3 Å². The lowest BCUT2D eigenvalue weighted by Gasteiger charge is -2.04. The molecule has 3 rings (SSSR count). The smallest absolute Gasteiger partial charge is 0.124 e. The third kappa shape index (κ3) is 2.40. The number of aryl methyl sites for hydroxylation is 1. The molecule has 0 saturated heterocycles. The van der Waals surface area contributed by atoms with Crippen molar-refractivity contribution < 1.29 is 4.79 Å². The molecule has 0 aliphatic rings. The molecular weight excluding hydrogens is 250 g/mol. The number of fused-ring (bicyclic) bond motifs is 1. The van der Waals surface area contributed by atoms with Crippen molar-refractivity contribution in [1.29, 1.82) is 0 Å². The zero-order valence-corrected chi connectivity index (χ0v) is 11.1. The molecule has 2 aromatic heterocycles. The summed E-state index contributed by atoms with van der Waals surface area (Å²) in [5, 5.41) is 0. The van der Waals surface area contributed by atoms with Gasteiger partial charge in [0.05, 0.1) is 22.9 Å². The molecule has 0 fully saturated rings. The first kappa shape index (κ1) is 12.4. The molecule has 0 N–H and O–H groups in total. The van der Waals surface area contributed by atoms with Crippen LogP contribution in [-0.2, 0) is 11.2 Å². The van der Waals surface area contributed by atoms with Gasteiger partial charge in [0.15, 0.2) is 0 Å². The SMILES string of the molecule is Cc1cccc(-c2cnc3cc(CC=O)ccc3n2)n1. The molecule has 98 valence electrons. The standard InChI is InChI=1S/C16H13N3O/c1-11-3-2-4-13(18-11)16-10-17-15-9-12(7-8-20)5-6-14(15)19-16/h2-6,8-10H,7H2,1H3. The van der Waals surface area contributed by atoms with Crippen LogP contribution >= 0.6 is 0 Å². The van der Waals surface area contributed by atoms with Gasteiger partial charge in [-0.15, -0.1) is 0 Å². The summed E-state index contributed by atoms with van der Waals surface area (Å²) in [6.07, 6.45) is 3.01. The maximum atomic E-state index is 10.5.